The van der Waals surface area contributed by atoms with Gasteiger partial charge in [0.15, 0.2) is 5.82 Å². The third kappa shape index (κ3) is 2.54. The van der Waals surface area contributed by atoms with Crippen molar-refractivity contribution in [3.8, 4) is 0 Å². The molecule has 0 aliphatic carbocycles. The lowest BCUT2D eigenvalue weighted by molar-refractivity contribution is 0.651. The molecule has 0 spiro atoms. The Morgan fingerprint density at radius 3 is 2.44 bits per heavy atom. The van der Waals surface area contributed by atoms with Crippen LogP contribution in [0.1, 0.15) is 17.2 Å². The number of halogens is 2. The van der Waals surface area contributed by atoms with Gasteiger partial charge in [-0.1, -0.05) is 30.3 Å². The van der Waals surface area contributed by atoms with Crippen LogP contribution in [-0.4, -0.2) is 14.8 Å². The first-order chi connectivity index (χ1) is 7.83. The predicted molar refractivity (Wildman–Crippen MR) is 64.7 cm³/mol. The van der Waals surface area contributed by atoms with Crippen LogP contribution in [0.25, 0.3) is 0 Å². The van der Waals surface area contributed by atoms with Gasteiger partial charge in [0, 0.05) is 0 Å². The maximum absolute atomic E-state index is 5.80. The molecule has 0 saturated heterocycles. The van der Waals surface area contributed by atoms with Crippen molar-refractivity contribution in [1.29, 1.82) is 0 Å². The molecule has 0 amide bonds. The number of rotatable bonds is 4. The van der Waals surface area contributed by atoms with E-state index in [1.54, 1.807) is 4.68 Å². The minimum Gasteiger partial charge on any atom is -0.244 e. The molecular weight excluding hydrogens is 245 g/mol. The molecule has 0 saturated carbocycles. The van der Waals surface area contributed by atoms with Gasteiger partial charge in [-0.3, -0.25) is 0 Å². The number of nitrogens with zero attached hydrogens (tertiary/aromatic N) is 3. The lowest BCUT2D eigenvalue weighted by Gasteiger charge is -2.03. The molecule has 0 bridgehead atoms. The average molecular weight is 256 g/mol. The molecular formula is C11H11Cl2N3. The van der Waals surface area contributed by atoms with Gasteiger partial charge in [0.1, 0.15) is 5.82 Å². The van der Waals surface area contributed by atoms with Gasteiger partial charge in [-0.25, -0.2) is 9.67 Å². The molecule has 0 N–H and O–H groups in total. The summed E-state index contributed by atoms with van der Waals surface area (Å²) in [7, 11) is 0. The fourth-order valence-electron chi connectivity index (χ4n) is 1.46. The van der Waals surface area contributed by atoms with Gasteiger partial charge in [0.2, 0.25) is 0 Å². The third-order valence-electron chi connectivity index (χ3n) is 2.21. The lowest BCUT2D eigenvalue weighted by Crippen LogP contribution is -2.05. The number of aromatic nitrogens is 3. The summed E-state index contributed by atoms with van der Waals surface area (Å²) >= 11 is 11.5. The highest BCUT2D eigenvalue weighted by Crippen LogP contribution is 2.08. The molecule has 1 aromatic carbocycles. The minimum atomic E-state index is 0.311. The second-order valence-corrected chi connectivity index (χ2v) is 3.89. The summed E-state index contributed by atoms with van der Waals surface area (Å²) in [5, 5.41) is 4.28. The summed E-state index contributed by atoms with van der Waals surface area (Å²) in [6.45, 7) is 0.673. The number of alkyl halides is 2. The van der Waals surface area contributed by atoms with Gasteiger partial charge in [-0.05, 0) is 5.56 Å². The van der Waals surface area contributed by atoms with Crippen molar-refractivity contribution in [2.24, 2.45) is 0 Å². The van der Waals surface area contributed by atoms with Crippen molar-refractivity contribution in [3.63, 3.8) is 0 Å². The predicted octanol–water partition coefficient (Wildman–Crippen LogP) is 2.80. The van der Waals surface area contributed by atoms with Gasteiger partial charge >= 0.3 is 0 Å². The van der Waals surface area contributed by atoms with Gasteiger partial charge < -0.3 is 0 Å². The molecule has 0 unspecified atom stereocenters. The molecule has 3 nitrogen and oxygen atoms in total. The maximum Gasteiger partial charge on any atom is 0.165 e. The van der Waals surface area contributed by atoms with E-state index in [4.69, 9.17) is 23.2 Å². The molecule has 2 rings (SSSR count). The first-order valence-electron chi connectivity index (χ1n) is 4.92. The molecule has 2 aromatic rings. The summed E-state index contributed by atoms with van der Waals surface area (Å²) < 4.78 is 1.79. The maximum atomic E-state index is 5.80. The van der Waals surface area contributed by atoms with Crippen LogP contribution < -0.4 is 0 Å². The highest BCUT2D eigenvalue weighted by Gasteiger charge is 2.08. The van der Waals surface area contributed by atoms with Crippen LogP contribution in [0.2, 0.25) is 0 Å². The molecule has 0 aliphatic heterocycles. The van der Waals surface area contributed by atoms with E-state index in [2.05, 4.69) is 10.1 Å². The molecule has 0 aliphatic rings. The lowest BCUT2D eigenvalue weighted by atomic mass is 10.2. The molecule has 84 valence electrons. The second kappa shape index (κ2) is 5.32. The first-order valence-corrected chi connectivity index (χ1v) is 5.99. The zero-order chi connectivity index (χ0) is 11.4. The van der Waals surface area contributed by atoms with Crippen molar-refractivity contribution in [2.75, 3.05) is 0 Å². The Bertz CT molecular complexity index is 454. The largest absolute Gasteiger partial charge is 0.244 e. The fraction of sp³-hybridized carbons (Fsp3) is 0.273. The van der Waals surface area contributed by atoms with E-state index in [1.165, 1.54) is 5.56 Å². The highest BCUT2D eigenvalue weighted by molar-refractivity contribution is 6.17. The summed E-state index contributed by atoms with van der Waals surface area (Å²) in [4.78, 5) is 4.23. The van der Waals surface area contributed by atoms with Crippen LogP contribution in [0.15, 0.2) is 30.3 Å². The van der Waals surface area contributed by atoms with Gasteiger partial charge in [-0.15, -0.1) is 23.2 Å². The highest BCUT2D eigenvalue weighted by atomic mass is 35.5. The van der Waals surface area contributed by atoms with E-state index >= 15 is 0 Å². The van der Waals surface area contributed by atoms with Crippen molar-refractivity contribution in [1.82, 2.24) is 14.8 Å². The zero-order valence-corrected chi connectivity index (χ0v) is 10.1. The molecule has 5 heteroatoms. The molecule has 0 radical (unpaired) electrons. The fourth-order valence-corrected chi connectivity index (χ4v) is 1.78. The standard InChI is InChI=1S/C11H11Cl2N3/c12-6-10-14-11(7-13)16(15-10)8-9-4-2-1-3-5-9/h1-5H,6-8H2. The van der Waals surface area contributed by atoms with E-state index in [0.717, 1.165) is 5.82 Å². The van der Waals surface area contributed by atoms with E-state index < -0.39 is 0 Å². The SMILES string of the molecule is ClCc1nc(CCl)n(Cc2ccccc2)n1. The topological polar surface area (TPSA) is 30.7 Å². The van der Waals surface area contributed by atoms with Crippen LogP contribution in [0.3, 0.4) is 0 Å². The minimum absolute atomic E-state index is 0.311. The summed E-state index contributed by atoms with van der Waals surface area (Å²) in [6.07, 6.45) is 0. The van der Waals surface area contributed by atoms with E-state index in [9.17, 15) is 0 Å². The van der Waals surface area contributed by atoms with Crippen molar-refractivity contribution in [3.05, 3.63) is 47.5 Å². The van der Waals surface area contributed by atoms with Crippen molar-refractivity contribution in [2.45, 2.75) is 18.3 Å². The first kappa shape index (κ1) is 11.4. The van der Waals surface area contributed by atoms with Crippen molar-refractivity contribution < 1.29 is 0 Å². The number of benzene rings is 1. The Hall–Kier alpha value is -1.06. The third-order valence-corrected chi connectivity index (χ3v) is 2.68. The second-order valence-electron chi connectivity index (χ2n) is 3.35. The van der Waals surface area contributed by atoms with Crippen molar-refractivity contribution >= 4 is 23.2 Å². The quantitative estimate of drug-likeness (QED) is 0.787. The molecule has 16 heavy (non-hydrogen) atoms. The van der Waals surface area contributed by atoms with Crippen LogP contribution in [0, 0.1) is 0 Å². The van der Waals surface area contributed by atoms with E-state index in [-0.39, 0.29) is 0 Å². The Kier molecular flexibility index (Phi) is 3.80. The molecule has 1 heterocycles. The monoisotopic (exact) mass is 255 g/mol. The van der Waals surface area contributed by atoms with Gasteiger partial charge in [0.05, 0.1) is 18.3 Å². The molecule has 1 aromatic heterocycles. The Labute approximate surface area is 104 Å². The van der Waals surface area contributed by atoms with E-state index in [0.29, 0.717) is 24.1 Å². The van der Waals surface area contributed by atoms with Crippen LogP contribution in [0.5, 0.6) is 0 Å². The number of hydrogen-bond donors (Lipinski definition) is 0. The Balaban J connectivity index is 2.23. The van der Waals surface area contributed by atoms with Gasteiger partial charge in [0.25, 0.3) is 0 Å². The Morgan fingerprint density at radius 1 is 1.06 bits per heavy atom. The van der Waals surface area contributed by atoms with Crippen LogP contribution in [-0.2, 0) is 18.3 Å². The summed E-state index contributed by atoms with van der Waals surface area (Å²) in [5.74, 6) is 2.02. The number of hydrogen-bond acceptors (Lipinski definition) is 2. The Morgan fingerprint density at radius 2 is 1.81 bits per heavy atom. The summed E-state index contributed by atoms with van der Waals surface area (Å²) in [5.41, 5.74) is 1.17. The zero-order valence-electron chi connectivity index (χ0n) is 8.61. The van der Waals surface area contributed by atoms with E-state index in [1.807, 2.05) is 30.3 Å². The molecule has 0 fully saturated rings. The van der Waals surface area contributed by atoms with Crippen LogP contribution in [0.4, 0.5) is 0 Å². The average Bonchev–Trinajstić information content (AvgIpc) is 2.73. The smallest absolute Gasteiger partial charge is 0.165 e. The molecule has 0 atom stereocenters. The normalized spacial score (nSPS) is 10.6. The van der Waals surface area contributed by atoms with Gasteiger partial charge in [-0.2, -0.15) is 5.10 Å². The van der Waals surface area contributed by atoms with Crippen LogP contribution >= 0.6 is 23.2 Å². The summed E-state index contributed by atoms with van der Waals surface area (Å²) in [6, 6.07) is 10.1.